The largest absolute Gasteiger partial charge is 0.324 e. The standard InChI is InChI=1S/C21H28N2O3S/c1-20(2,3)14-9-7-8-10-15(14)22-17(25)12-23-18(26)13-27-19(23)11-16(24)21(4,5)6/h7-11H,12-13H2,1-6H3,(H,22,25)/b19-11-. The van der Waals surface area contributed by atoms with Crippen molar-refractivity contribution in [3.8, 4) is 0 Å². The maximum atomic E-state index is 12.6. The van der Waals surface area contributed by atoms with Crippen molar-refractivity contribution in [2.24, 2.45) is 5.41 Å². The van der Waals surface area contributed by atoms with Gasteiger partial charge in [-0.1, -0.05) is 71.5 Å². The molecule has 6 heteroatoms. The van der Waals surface area contributed by atoms with E-state index in [9.17, 15) is 14.4 Å². The Morgan fingerprint density at radius 1 is 1.15 bits per heavy atom. The van der Waals surface area contributed by atoms with Gasteiger partial charge < -0.3 is 5.32 Å². The number of carbonyl (C=O) groups excluding carboxylic acids is 3. The van der Waals surface area contributed by atoms with Crippen molar-refractivity contribution in [3.05, 3.63) is 40.9 Å². The van der Waals surface area contributed by atoms with Crippen LogP contribution >= 0.6 is 11.8 Å². The third kappa shape index (κ3) is 5.45. The van der Waals surface area contributed by atoms with Gasteiger partial charge in [0.25, 0.3) is 0 Å². The number of nitrogens with zero attached hydrogens (tertiary/aromatic N) is 1. The fourth-order valence-corrected chi connectivity index (χ4v) is 3.55. The molecule has 1 aliphatic rings. The van der Waals surface area contributed by atoms with Crippen LogP contribution in [-0.2, 0) is 19.8 Å². The number of rotatable bonds is 4. The first kappa shape index (κ1) is 21.2. The van der Waals surface area contributed by atoms with E-state index in [1.165, 1.54) is 22.7 Å². The second-order valence-corrected chi connectivity index (χ2v) is 9.70. The normalized spacial score (nSPS) is 16.7. The molecule has 1 heterocycles. The molecular weight excluding hydrogens is 360 g/mol. The second kappa shape index (κ2) is 7.89. The van der Waals surface area contributed by atoms with Gasteiger partial charge in [-0.25, -0.2) is 0 Å². The summed E-state index contributed by atoms with van der Waals surface area (Å²) in [5.74, 6) is -0.262. The van der Waals surface area contributed by atoms with Gasteiger partial charge in [-0.05, 0) is 17.0 Å². The van der Waals surface area contributed by atoms with E-state index in [4.69, 9.17) is 0 Å². The number of hydrogen-bond acceptors (Lipinski definition) is 4. The Kier molecular flexibility index (Phi) is 6.20. The molecule has 1 fully saturated rings. The van der Waals surface area contributed by atoms with E-state index < -0.39 is 5.41 Å². The van der Waals surface area contributed by atoms with Crippen LogP contribution in [0.3, 0.4) is 0 Å². The highest BCUT2D eigenvalue weighted by molar-refractivity contribution is 8.04. The zero-order valence-corrected chi connectivity index (χ0v) is 17.7. The zero-order chi connectivity index (χ0) is 20.4. The van der Waals surface area contributed by atoms with Crippen LogP contribution in [0.4, 0.5) is 5.69 Å². The molecule has 27 heavy (non-hydrogen) atoms. The third-order valence-corrected chi connectivity index (χ3v) is 5.24. The summed E-state index contributed by atoms with van der Waals surface area (Å²) in [4.78, 5) is 38.5. The topological polar surface area (TPSA) is 66.5 Å². The maximum Gasteiger partial charge on any atom is 0.244 e. The van der Waals surface area contributed by atoms with E-state index in [-0.39, 0.29) is 35.3 Å². The van der Waals surface area contributed by atoms with Gasteiger partial charge in [-0.2, -0.15) is 0 Å². The minimum absolute atomic E-state index is 0.0665. The summed E-state index contributed by atoms with van der Waals surface area (Å²) < 4.78 is 0. The van der Waals surface area contributed by atoms with E-state index in [0.29, 0.717) is 5.03 Å². The highest BCUT2D eigenvalue weighted by Crippen LogP contribution is 2.31. The zero-order valence-electron chi connectivity index (χ0n) is 16.9. The van der Waals surface area contributed by atoms with Crippen LogP contribution in [-0.4, -0.2) is 34.8 Å². The van der Waals surface area contributed by atoms with Crippen LogP contribution in [0.2, 0.25) is 0 Å². The van der Waals surface area contributed by atoms with Crippen molar-refractivity contribution in [1.29, 1.82) is 0 Å². The van der Waals surface area contributed by atoms with Gasteiger partial charge in [-0.3, -0.25) is 19.3 Å². The lowest BCUT2D eigenvalue weighted by Gasteiger charge is -2.24. The summed E-state index contributed by atoms with van der Waals surface area (Å²) in [6.45, 7) is 11.6. The van der Waals surface area contributed by atoms with E-state index in [2.05, 4.69) is 26.1 Å². The minimum atomic E-state index is -0.529. The molecule has 1 aliphatic heterocycles. The third-order valence-electron chi connectivity index (χ3n) is 4.22. The lowest BCUT2D eigenvalue weighted by Crippen LogP contribution is -2.34. The van der Waals surface area contributed by atoms with Gasteiger partial charge in [0, 0.05) is 17.2 Å². The molecule has 0 saturated carbocycles. The SMILES string of the molecule is CC(C)(C)C(=O)/C=C1\SCC(=O)N1CC(=O)Nc1ccccc1C(C)(C)C. The van der Waals surface area contributed by atoms with E-state index in [1.54, 1.807) is 0 Å². The second-order valence-electron chi connectivity index (χ2n) is 8.71. The number of benzene rings is 1. The van der Waals surface area contributed by atoms with Gasteiger partial charge in [0.1, 0.15) is 6.54 Å². The first-order chi connectivity index (χ1) is 12.4. The number of nitrogens with one attached hydrogen (secondary N) is 1. The fourth-order valence-electron chi connectivity index (χ4n) is 2.61. The average molecular weight is 389 g/mol. The molecular formula is C21H28N2O3S. The number of anilines is 1. The molecule has 1 saturated heterocycles. The van der Waals surface area contributed by atoms with E-state index >= 15 is 0 Å². The molecule has 1 N–H and O–H groups in total. The summed E-state index contributed by atoms with van der Waals surface area (Å²) in [7, 11) is 0. The number of ketones is 1. The van der Waals surface area contributed by atoms with Crippen LogP contribution < -0.4 is 5.32 Å². The first-order valence-electron chi connectivity index (χ1n) is 8.98. The molecule has 1 aromatic carbocycles. The first-order valence-corrected chi connectivity index (χ1v) is 9.97. The van der Waals surface area contributed by atoms with Gasteiger partial charge in [0.05, 0.1) is 10.8 Å². The summed E-state index contributed by atoms with van der Waals surface area (Å²) in [6.07, 6.45) is 1.48. The Bertz CT molecular complexity index is 785. The van der Waals surface area contributed by atoms with Crippen molar-refractivity contribution in [2.45, 2.75) is 47.0 Å². The Hall–Kier alpha value is -2.08. The predicted molar refractivity (Wildman–Crippen MR) is 110 cm³/mol. The monoisotopic (exact) mass is 388 g/mol. The number of hydrogen-bond donors (Lipinski definition) is 1. The Morgan fingerprint density at radius 2 is 1.78 bits per heavy atom. The van der Waals surface area contributed by atoms with Gasteiger partial charge >= 0.3 is 0 Å². The molecule has 0 aliphatic carbocycles. The maximum absolute atomic E-state index is 12.6. The van der Waals surface area contributed by atoms with Crippen LogP contribution in [0.1, 0.15) is 47.1 Å². The van der Waals surface area contributed by atoms with Crippen molar-refractivity contribution >= 4 is 35.0 Å². The van der Waals surface area contributed by atoms with Crippen molar-refractivity contribution in [2.75, 3.05) is 17.6 Å². The molecule has 0 atom stereocenters. The number of thioether (sulfide) groups is 1. The molecule has 0 radical (unpaired) electrons. The Balaban J connectivity index is 2.16. The van der Waals surface area contributed by atoms with Crippen LogP contribution in [0.15, 0.2) is 35.4 Å². The number of carbonyl (C=O) groups is 3. The molecule has 0 unspecified atom stereocenters. The lowest BCUT2D eigenvalue weighted by molar-refractivity contribution is -0.129. The lowest BCUT2D eigenvalue weighted by atomic mass is 9.86. The molecule has 1 aromatic rings. The van der Waals surface area contributed by atoms with E-state index in [1.807, 2.05) is 45.0 Å². The fraction of sp³-hybridized carbons (Fsp3) is 0.476. The molecule has 2 amide bonds. The van der Waals surface area contributed by atoms with Gasteiger partial charge in [0.15, 0.2) is 5.78 Å². The predicted octanol–water partition coefficient (Wildman–Crippen LogP) is 3.95. The Labute approximate surface area is 165 Å². The van der Waals surface area contributed by atoms with Crippen LogP contribution in [0, 0.1) is 5.41 Å². The van der Waals surface area contributed by atoms with Gasteiger partial charge in [0.2, 0.25) is 11.8 Å². The molecule has 0 bridgehead atoms. The van der Waals surface area contributed by atoms with Crippen LogP contribution in [0.5, 0.6) is 0 Å². The van der Waals surface area contributed by atoms with Crippen molar-refractivity contribution < 1.29 is 14.4 Å². The number of amides is 2. The quantitative estimate of drug-likeness (QED) is 0.793. The van der Waals surface area contributed by atoms with E-state index in [0.717, 1.165) is 11.3 Å². The van der Waals surface area contributed by atoms with Gasteiger partial charge in [-0.15, -0.1) is 0 Å². The average Bonchev–Trinajstić information content (AvgIpc) is 2.86. The number of allylic oxidation sites excluding steroid dienone is 1. The highest BCUT2D eigenvalue weighted by atomic mass is 32.2. The summed E-state index contributed by atoms with van der Waals surface area (Å²) in [5, 5.41) is 3.46. The highest BCUT2D eigenvalue weighted by Gasteiger charge is 2.31. The summed E-state index contributed by atoms with van der Waals surface area (Å²) >= 11 is 1.30. The van der Waals surface area contributed by atoms with Crippen molar-refractivity contribution in [1.82, 2.24) is 4.90 Å². The number of para-hydroxylation sites is 1. The molecule has 5 nitrogen and oxygen atoms in total. The minimum Gasteiger partial charge on any atom is -0.324 e. The molecule has 0 spiro atoms. The van der Waals surface area contributed by atoms with Crippen molar-refractivity contribution in [3.63, 3.8) is 0 Å². The smallest absolute Gasteiger partial charge is 0.244 e. The molecule has 146 valence electrons. The van der Waals surface area contributed by atoms with Crippen LogP contribution in [0.25, 0.3) is 0 Å². The summed E-state index contributed by atoms with van der Waals surface area (Å²) in [5.41, 5.74) is 1.12. The molecule has 0 aromatic heterocycles. The summed E-state index contributed by atoms with van der Waals surface area (Å²) in [6, 6.07) is 7.66. The Morgan fingerprint density at radius 3 is 2.37 bits per heavy atom. The molecule has 2 rings (SSSR count).